The molecule has 90 valence electrons. The normalized spacial score (nSPS) is 13.0. The fraction of sp³-hybridized carbons (Fsp3) is 0.600. The van der Waals surface area contributed by atoms with Gasteiger partial charge in [0.1, 0.15) is 0 Å². The molecule has 0 saturated carbocycles. The Labute approximate surface area is 99.5 Å². The van der Waals surface area contributed by atoms with Crippen LogP contribution in [0.4, 0.5) is 0 Å². The van der Waals surface area contributed by atoms with E-state index in [1.165, 1.54) is 16.7 Å². The van der Waals surface area contributed by atoms with Crippen molar-refractivity contribution in [3.63, 3.8) is 0 Å². The maximum atomic E-state index is 10.1. The highest BCUT2D eigenvalue weighted by molar-refractivity contribution is 5.43. The lowest BCUT2D eigenvalue weighted by Crippen LogP contribution is -2.21. The minimum atomic E-state index is -0.759. The zero-order valence-electron chi connectivity index (χ0n) is 11.6. The molecule has 1 nitrogen and oxygen atoms in total. The van der Waals surface area contributed by atoms with E-state index in [1.54, 1.807) is 0 Å². The maximum Gasteiger partial charge on any atom is 0.0845 e. The van der Waals surface area contributed by atoms with Gasteiger partial charge in [0.15, 0.2) is 0 Å². The number of aryl methyl sites for hydroxylation is 2. The molecular weight excluding hydrogens is 196 g/mol. The topological polar surface area (TPSA) is 20.2 Å². The standard InChI is InChI=1S/C15H24O/c1-10-8-12(14(3,4)5)9-11(2)13(10)15(6,7)16/h8-9,16H,1-7H3. The molecule has 16 heavy (non-hydrogen) atoms. The predicted molar refractivity (Wildman–Crippen MR) is 69.9 cm³/mol. The first-order valence-electron chi connectivity index (χ1n) is 5.88. The van der Waals surface area contributed by atoms with Crippen LogP contribution < -0.4 is 0 Å². The quantitative estimate of drug-likeness (QED) is 0.762. The lowest BCUT2D eigenvalue weighted by atomic mass is 9.81. The Bertz CT molecular complexity index is 366. The second kappa shape index (κ2) is 3.89. The van der Waals surface area contributed by atoms with Gasteiger partial charge in [-0.3, -0.25) is 0 Å². The molecule has 1 rings (SSSR count). The van der Waals surface area contributed by atoms with Crippen molar-refractivity contribution in [1.82, 2.24) is 0 Å². The van der Waals surface area contributed by atoms with Crippen LogP contribution in [0.5, 0.6) is 0 Å². The van der Waals surface area contributed by atoms with Crippen molar-refractivity contribution in [3.05, 3.63) is 34.4 Å². The molecule has 0 fully saturated rings. The second-order valence-corrected chi connectivity index (χ2v) is 6.29. The van der Waals surface area contributed by atoms with Crippen LogP contribution in [0.25, 0.3) is 0 Å². The van der Waals surface area contributed by atoms with E-state index in [2.05, 4.69) is 46.8 Å². The van der Waals surface area contributed by atoms with E-state index in [0.29, 0.717) is 0 Å². The number of aliphatic hydroxyl groups is 1. The van der Waals surface area contributed by atoms with Gasteiger partial charge in [0, 0.05) is 0 Å². The molecule has 0 aliphatic carbocycles. The van der Waals surface area contributed by atoms with Crippen LogP contribution in [0, 0.1) is 13.8 Å². The van der Waals surface area contributed by atoms with E-state index in [9.17, 15) is 5.11 Å². The van der Waals surface area contributed by atoms with E-state index in [0.717, 1.165) is 5.56 Å². The summed E-state index contributed by atoms with van der Waals surface area (Å²) in [4.78, 5) is 0. The fourth-order valence-electron chi connectivity index (χ4n) is 2.36. The lowest BCUT2D eigenvalue weighted by molar-refractivity contribution is 0.0772. The van der Waals surface area contributed by atoms with Crippen molar-refractivity contribution < 1.29 is 5.11 Å². The Morgan fingerprint density at radius 2 is 1.25 bits per heavy atom. The molecule has 1 aromatic carbocycles. The summed E-state index contributed by atoms with van der Waals surface area (Å²) in [6, 6.07) is 4.39. The first kappa shape index (κ1) is 13.2. The Hall–Kier alpha value is -0.820. The third-order valence-corrected chi connectivity index (χ3v) is 3.01. The van der Waals surface area contributed by atoms with E-state index in [-0.39, 0.29) is 5.41 Å². The Morgan fingerprint density at radius 1 is 0.875 bits per heavy atom. The third-order valence-electron chi connectivity index (χ3n) is 3.01. The van der Waals surface area contributed by atoms with Gasteiger partial charge in [-0.1, -0.05) is 32.9 Å². The summed E-state index contributed by atoms with van der Waals surface area (Å²) in [5.41, 5.74) is 4.14. The summed E-state index contributed by atoms with van der Waals surface area (Å²) >= 11 is 0. The summed E-state index contributed by atoms with van der Waals surface area (Å²) in [5, 5.41) is 10.1. The average Bonchev–Trinajstić information content (AvgIpc) is 1.97. The summed E-state index contributed by atoms with van der Waals surface area (Å²) in [6.07, 6.45) is 0. The molecule has 1 heteroatoms. The van der Waals surface area contributed by atoms with Crippen molar-refractivity contribution in [3.8, 4) is 0 Å². The number of rotatable bonds is 1. The monoisotopic (exact) mass is 220 g/mol. The van der Waals surface area contributed by atoms with Crippen LogP contribution in [-0.2, 0) is 11.0 Å². The first-order valence-corrected chi connectivity index (χ1v) is 5.88. The van der Waals surface area contributed by atoms with Gasteiger partial charge in [0.2, 0.25) is 0 Å². The summed E-state index contributed by atoms with van der Waals surface area (Å²) in [5.74, 6) is 0. The molecule has 0 aliphatic rings. The van der Waals surface area contributed by atoms with Crippen LogP contribution >= 0.6 is 0 Å². The molecule has 0 aliphatic heterocycles. The maximum absolute atomic E-state index is 10.1. The molecule has 0 saturated heterocycles. The first-order chi connectivity index (χ1) is 7.03. The third kappa shape index (κ3) is 2.65. The largest absolute Gasteiger partial charge is 0.386 e. The zero-order chi connectivity index (χ0) is 12.7. The number of benzene rings is 1. The smallest absolute Gasteiger partial charge is 0.0845 e. The Morgan fingerprint density at radius 3 is 1.50 bits per heavy atom. The Balaban J connectivity index is 3.41. The van der Waals surface area contributed by atoms with Crippen molar-refractivity contribution in [2.75, 3.05) is 0 Å². The summed E-state index contributed by atoms with van der Waals surface area (Å²) < 4.78 is 0. The van der Waals surface area contributed by atoms with Gasteiger partial charge in [-0.2, -0.15) is 0 Å². The van der Waals surface area contributed by atoms with Gasteiger partial charge in [-0.15, -0.1) is 0 Å². The van der Waals surface area contributed by atoms with Crippen molar-refractivity contribution in [2.45, 2.75) is 59.5 Å². The Kier molecular flexibility index (Phi) is 3.22. The molecular formula is C15H24O. The van der Waals surface area contributed by atoms with Gasteiger partial charge >= 0.3 is 0 Å². The molecule has 0 bridgehead atoms. The van der Waals surface area contributed by atoms with Gasteiger partial charge in [0.25, 0.3) is 0 Å². The SMILES string of the molecule is Cc1cc(C(C)(C)C)cc(C)c1C(C)(C)O. The molecule has 1 aromatic rings. The molecule has 0 spiro atoms. The van der Waals surface area contributed by atoms with Crippen LogP contribution in [0.15, 0.2) is 12.1 Å². The minimum Gasteiger partial charge on any atom is -0.386 e. The van der Waals surface area contributed by atoms with Crippen LogP contribution in [0.1, 0.15) is 56.9 Å². The van der Waals surface area contributed by atoms with Gasteiger partial charge < -0.3 is 5.11 Å². The number of hydrogen-bond donors (Lipinski definition) is 1. The van der Waals surface area contributed by atoms with E-state index >= 15 is 0 Å². The molecule has 0 radical (unpaired) electrons. The highest BCUT2D eigenvalue weighted by Crippen LogP contribution is 2.32. The van der Waals surface area contributed by atoms with Crippen molar-refractivity contribution >= 4 is 0 Å². The van der Waals surface area contributed by atoms with Gasteiger partial charge in [-0.25, -0.2) is 0 Å². The van der Waals surface area contributed by atoms with E-state index in [4.69, 9.17) is 0 Å². The van der Waals surface area contributed by atoms with Gasteiger partial charge in [0.05, 0.1) is 5.60 Å². The predicted octanol–water partition coefficient (Wildman–Crippen LogP) is 3.83. The lowest BCUT2D eigenvalue weighted by Gasteiger charge is -2.27. The fourth-order valence-corrected chi connectivity index (χ4v) is 2.36. The average molecular weight is 220 g/mol. The highest BCUT2D eigenvalue weighted by atomic mass is 16.3. The van der Waals surface area contributed by atoms with Crippen molar-refractivity contribution in [2.24, 2.45) is 0 Å². The molecule has 0 amide bonds. The number of hydrogen-bond acceptors (Lipinski definition) is 1. The summed E-state index contributed by atoms with van der Waals surface area (Å²) in [6.45, 7) is 14.5. The minimum absolute atomic E-state index is 0.160. The molecule has 0 unspecified atom stereocenters. The highest BCUT2D eigenvalue weighted by Gasteiger charge is 2.23. The second-order valence-electron chi connectivity index (χ2n) is 6.29. The van der Waals surface area contributed by atoms with Crippen LogP contribution in [0.2, 0.25) is 0 Å². The summed E-state index contributed by atoms with van der Waals surface area (Å²) in [7, 11) is 0. The van der Waals surface area contributed by atoms with E-state index < -0.39 is 5.60 Å². The molecule has 1 N–H and O–H groups in total. The van der Waals surface area contributed by atoms with Crippen LogP contribution in [-0.4, -0.2) is 5.11 Å². The van der Waals surface area contributed by atoms with Gasteiger partial charge in [-0.05, 0) is 55.4 Å². The van der Waals surface area contributed by atoms with Crippen molar-refractivity contribution in [1.29, 1.82) is 0 Å². The molecule has 0 heterocycles. The molecule has 0 aromatic heterocycles. The zero-order valence-corrected chi connectivity index (χ0v) is 11.6. The van der Waals surface area contributed by atoms with Crippen LogP contribution in [0.3, 0.4) is 0 Å². The molecule has 0 atom stereocenters. The van der Waals surface area contributed by atoms with E-state index in [1.807, 2.05) is 13.8 Å².